The number of amides is 1. The van der Waals surface area contributed by atoms with Gasteiger partial charge in [0.15, 0.2) is 20.8 Å². The zero-order chi connectivity index (χ0) is 35.2. The van der Waals surface area contributed by atoms with Gasteiger partial charge in [0.2, 0.25) is 15.9 Å². The molecule has 4 rings (SSSR count). The number of nitrogens with one attached hydrogen (secondary N) is 1. The summed E-state index contributed by atoms with van der Waals surface area (Å²) >= 11 is 7.65. The van der Waals surface area contributed by atoms with Crippen LogP contribution in [0.25, 0.3) is 11.4 Å². The van der Waals surface area contributed by atoms with E-state index in [0.29, 0.717) is 54.6 Å². The molecular weight excluding hydrogens is 690 g/mol. The highest BCUT2D eigenvalue weighted by molar-refractivity contribution is 8.00. The van der Waals surface area contributed by atoms with Crippen molar-refractivity contribution in [2.45, 2.75) is 86.4 Å². The fourth-order valence-electron chi connectivity index (χ4n) is 5.41. The summed E-state index contributed by atoms with van der Waals surface area (Å²) in [7, 11) is -7.35. The first-order valence-electron chi connectivity index (χ1n) is 15.9. The van der Waals surface area contributed by atoms with Gasteiger partial charge in [0, 0.05) is 18.7 Å². The van der Waals surface area contributed by atoms with Crippen LogP contribution < -0.4 is 5.32 Å². The van der Waals surface area contributed by atoms with Gasteiger partial charge in [-0.2, -0.15) is 4.31 Å². The van der Waals surface area contributed by atoms with Crippen molar-refractivity contribution in [2.75, 3.05) is 18.4 Å². The van der Waals surface area contributed by atoms with Crippen LogP contribution in [-0.2, 0) is 31.2 Å². The van der Waals surface area contributed by atoms with Crippen molar-refractivity contribution in [1.29, 1.82) is 0 Å². The van der Waals surface area contributed by atoms with Gasteiger partial charge in [-0.3, -0.25) is 9.36 Å². The first kappa shape index (κ1) is 37.6. The van der Waals surface area contributed by atoms with Crippen LogP contribution >= 0.6 is 23.4 Å². The number of hydrogen-bond donors (Lipinski definition) is 1. The van der Waals surface area contributed by atoms with E-state index in [0.717, 1.165) is 5.56 Å². The topological polar surface area (TPSA) is 131 Å². The number of rotatable bonds is 15. The quantitative estimate of drug-likeness (QED) is 0.129. The molecule has 0 aliphatic heterocycles. The normalized spacial score (nSPS) is 12.9. The molecule has 1 unspecified atom stereocenters. The van der Waals surface area contributed by atoms with Gasteiger partial charge in [0.25, 0.3) is 0 Å². The standard InChI is InChI=1S/C34H42ClN5O5S3/c1-7-27(8-2)47(42,43)28-18-14-17-26(20-28)32-37-38-34(40(32)22-25-15-12-11-13-16-25)46-24(6)33(41)36-30-21-31(23(5)19-29(30)35)48(44,45)39(9-3)10-4/h11-21,24,27H,7-10,22H2,1-6H3,(H,36,41). The molecule has 0 fully saturated rings. The fraction of sp³-hybridized carbons (Fsp3) is 0.382. The van der Waals surface area contributed by atoms with Crippen LogP contribution in [0.2, 0.25) is 5.02 Å². The summed E-state index contributed by atoms with van der Waals surface area (Å²) in [5, 5.41) is 11.2. The van der Waals surface area contributed by atoms with Crippen molar-refractivity contribution in [2.24, 2.45) is 0 Å². The van der Waals surface area contributed by atoms with Crippen molar-refractivity contribution in [3.63, 3.8) is 0 Å². The monoisotopic (exact) mass is 731 g/mol. The molecule has 10 nitrogen and oxygen atoms in total. The number of carbonyl (C=O) groups is 1. The van der Waals surface area contributed by atoms with Crippen LogP contribution in [0.5, 0.6) is 0 Å². The fourth-order valence-corrected chi connectivity index (χ4v) is 10.0. The molecule has 0 radical (unpaired) electrons. The third kappa shape index (κ3) is 8.14. The van der Waals surface area contributed by atoms with E-state index < -0.39 is 36.3 Å². The number of benzene rings is 3. The van der Waals surface area contributed by atoms with Crippen molar-refractivity contribution < 1.29 is 21.6 Å². The highest BCUT2D eigenvalue weighted by Gasteiger charge is 2.28. The molecule has 3 aromatic carbocycles. The van der Waals surface area contributed by atoms with E-state index in [4.69, 9.17) is 11.6 Å². The molecule has 0 spiro atoms. The summed E-state index contributed by atoms with van der Waals surface area (Å²) < 4.78 is 56.6. The van der Waals surface area contributed by atoms with Crippen LogP contribution in [-0.4, -0.2) is 65.4 Å². The first-order chi connectivity index (χ1) is 22.8. The molecule has 1 N–H and O–H groups in total. The highest BCUT2D eigenvalue weighted by Crippen LogP contribution is 2.33. The van der Waals surface area contributed by atoms with Crippen LogP contribution in [0, 0.1) is 6.92 Å². The van der Waals surface area contributed by atoms with E-state index >= 15 is 0 Å². The average Bonchev–Trinajstić information content (AvgIpc) is 3.44. The molecule has 0 bridgehead atoms. The molecule has 0 aliphatic rings. The molecule has 0 aliphatic carbocycles. The lowest BCUT2D eigenvalue weighted by atomic mass is 10.2. The lowest BCUT2D eigenvalue weighted by Gasteiger charge is -2.21. The zero-order valence-electron chi connectivity index (χ0n) is 28.0. The Kier molecular flexibility index (Phi) is 12.5. The number of carbonyl (C=O) groups excluding carboxylic acids is 1. The lowest BCUT2D eigenvalue weighted by molar-refractivity contribution is -0.115. The number of sulfonamides is 1. The second-order valence-electron chi connectivity index (χ2n) is 11.3. The maximum atomic E-state index is 13.5. The smallest absolute Gasteiger partial charge is 0.243 e. The minimum absolute atomic E-state index is 0.0758. The van der Waals surface area contributed by atoms with E-state index in [2.05, 4.69) is 15.5 Å². The summed E-state index contributed by atoms with van der Waals surface area (Å²) in [6, 6.07) is 19.4. The van der Waals surface area contributed by atoms with Gasteiger partial charge in [0.1, 0.15) is 0 Å². The molecule has 1 aromatic heterocycles. The Morgan fingerprint density at radius 1 is 0.938 bits per heavy atom. The highest BCUT2D eigenvalue weighted by atomic mass is 35.5. The van der Waals surface area contributed by atoms with Gasteiger partial charge in [-0.1, -0.05) is 93.5 Å². The minimum atomic E-state index is -3.80. The number of nitrogens with zero attached hydrogens (tertiary/aromatic N) is 4. The maximum Gasteiger partial charge on any atom is 0.243 e. The SMILES string of the molecule is CCC(CC)S(=O)(=O)c1cccc(-c2nnc(SC(C)C(=O)Nc3cc(S(=O)(=O)N(CC)CC)c(C)cc3Cl)n2Cc2ccccc2)c1. The Morgan fingerprint density at radius 2 is 1.60 bits per heavy atom. The Labute approximate surface area is 293 Å². The predicted octanol–water partition coefficient (Wildman–Crippen LogP) is 7.07. The number of halogens is 1. The zero-order valence-corrected chi connectivity index (χ0v) is 31.2. The molecule has 1 amide bonds. The maximum absolute atomic E-state index is 13.5. The molecule has 4 aromatic rings. The van der Waals surface area contributed by atoms with Gasteiger partial charge in [-0.25, -0.2) is 16.8 Å². The van der Waals surface area contributed by atoms with E-state index in [1.165, 1.54) is 28.2 Å². The second kappa shape index (κ2) is 16.0. The molecule has 258 valence electrons. The van der Waals surface area contributed by atoms with Crippen LogP contribution in [0.1, 0.15) is 58.6 Å². The van der Waals surface area contributed by atoms with Gasteiger partial charge < -0.3 is 5.32 Å². The van der Waals surface area contributed by atoms with Gasteiger partial charge in [0.05, 0.1) is 37.5 Å². The Morgan fingerprint density at radius 3 is 2.23 bits per heavy atom. The summed E-state index contributed by atoms with van der Waals surface area (Å²) in [5.41, 5.74) is 2.22. The van der Waals surface area contributed by atoms with Crippen molar-refractivity contribution in [3.8, 4) is 11.4 Å². The van der Waals surface area contributed by atoms with Gasteiger partial charge in [-0.15, -0.1) is 10.2 Å². The van der Waals surface area contributed by atoms with Crippen molar-refractivity contribution >= 4 is 54.8 Å². The summed E-state index contributed by atoms with van der Waals surface area (Å²) in [4.78, 5) is 13.8. The molecule has 0 saturated heterocycles. The minimum Gasteiger partial charge on any atom is -0.324 e. The predicted molar refractivity (Wildman–Crippen MR) is 193 cm³/mol. The number of sulfone groups is 1. The molecule has 48 heavy (non-hydrogen) atoms. The number of aryl methyl sites for hydroxylation is 1. The average molecular weight is 732 g/mol. The van der Waals surface area contributed by atoms with Crippen LogP contribution in [0.4, 0.5) is 5.69 Å². The Bertz CT molecular complexity index is 1960. The van der Waals surface area contributed by atoms with Gasteiger partial charge >= 0.3 is 0 Å². The Hall–Kier alpha value is -3.23. The molecule has 0 saturated carbocycles. The number of thioether (sulfide) groups is 1. The number of anilines is 1. The lowest BCUT2D eigenvalue weighted by Crippen LogP contribution is -2.31. The summed E-state index contributed by atoms with van der Waals surface area (Å²) in [6.45, 7) is 11.6. The van der Waals surface area contributed by atoms with E-state index in [-0.39, 0.29) is 20.5 Å². The van der Waals surface area contributed by atoms with Gasteiger partial charge in [-0.05, 0) is 62.1 Å². The van der Waals surface area contributed by atoms with Crippen molar-refractivity contribution in [3.05, 3.63) is 82.9 Å². The van der Waals surface area contributed by atoms with E-state index in [9.17, 15) is 21.6 Å². The Balaban J connectivity index is 1.67. The second-order valence-corrected chi connectivity index (χ2v) is 17.2. The molecular formula is C34H42ClN5O5S3. The molecule has 1 atom stereocenters. The third-order valence-electron chi connectivity index (χ3n) is 8.17. The third-order valence-corrected chi connectivity index (χ3v) is 14.2. The van der Waals surface area contributed by atoms with E-state index in [1.54, 1.807) is 52.0 Å². The largest absolute Gasteiger partial charge is 0.324 e. The van der Waals surface area contributed by atoms with E-state index in [1.807, 2.05) is 48.7 Å². The molecule has 14 heteroatoms. The van der Waals surface area contributed by atoms with Crippen LogP contribution in [0.15, 0.2) is 81.7 Å². The number of hydrogen-bond acceptors (Lipinski definition) is 8. The molecule has 1 heterocycles. The summed E-state index contributed by atoms with van der Waals surface area (Å²) in [6.07, 6.45) is 1.02. The van der Waals surface area contributed by atoms with Crippen LogP contribution in [0.3, 0.4) is 0 Å². The van der Waals surface area contributed by atoms with Crippen molar-refractivity contribution in [1.82, 2.24) is 19.1 Å². The summed E-state index contributed by atoms with van der Waals surface area (Å²) in [5.74, 6) is 0.0504. The first-order valence-corrected chi connectivity index (χ1v) is 20.1. The number of aromatic nitrogens is 3.